The van der Waals surface area contributed by atoms with Crippen molar-refractivity contribution in [3.8, 4) is 0 Å². The van der Waals surface area contributed by atoms with Gasteiger partial charge in [-0.3, -0.25) is 6.08 Å². The maximum Gasteiger partial charge on any atom is 0.0522 e. The first-order chi connectivity index (χ1) is 9.90. The van der Waals surface area contributed by atoms with E-state index in [0.717, 1.165) is 12.3 Å². The summed E-state index contributed by atoms with van der Waals surface area (Å²) in [6, 6.07) is 0. The van der Waals surface area contributed by atoms with Gasteiger partial charge in [0.15, 0.2) is 0 Å². The Morgan fingerprint density at radius 1 is 1.17 bits per heavy atom. The van der Waals surface area contributed by atoms with Crippen LogP contribution < -0.4 is 24.8 Å². The van der Waals surface area contributed by atoms with Crippen molar-refractivity contribution >= 4 is 10.7 Å². The molecule has 3 rings (SSSR count). The van der Waals surface area contributed by atoms with Crippen molar-refractivity contribution in [3.63, 3.8) is 0 Å². The molecule has 130 valence electrons. The van der Waals surface area contributed by atoms with E-state index in [1.54, 1.807) is 20.0 Å². The van der Waals surface area contributed by atoms with E-state index in [9.17, 15) is 4.79 Å². The molecule has 2 fully saturated rings. The third kappa shape index (κ3) is 6.50. The fourth-order valence-electron chi connectivity index (χ4n) is 3.73. The molecule has 0 radical (unpaired) electrons. The third-order valence-electron chi connectivity index (χ3n) is 5.31. The largest absolute Gasteiger partial charge is 1.00 e. The predicted octanol–water partition coefficient (Wildman–Crippen LogP) is -1.30. The summed E-state index contributed by atoms with van der Waals surface area (Å²) in [6.07, 6.45) is 8.13. The Kier molecular flexibility index (Phi) is 12.8. The van der Waals surface area contributed by atoms with Gasteiger partial charge in [0, 0.05) is 5.92 Å². The van der Waals surface area contributed by atoms with Crippen LogP contribution in [0.2, 0.25) is 0 Å². The summed E-state index contributed by atoms with van der Waals surface area (Å²) < 4.78 is 0. The summed E-state index contributed by atoms with van der Waals surface area (Å²) in [5.74, 6) is 1.76. The van der Waals surface area contributed by atoms with E-state index in [1.807, 2.05) is 0 Å². The van der Waals surface area contributed by atoms with Crippen molar-refractivity contribution < 1.29 is 49.6 Å². The molecule has 0 aromatic carbocycles. The number of hydrogen-bond donors (Lipinski definition) is 0. The molecule has 5 heteroatoms. The number of fused-ring (bicyclic) bond motifs is 2. The summed E-state index contributed by atoms with van der Waals surface area (Å²) in [4.78, 5) is 14.0. The van der Waals surface area contributed by atoms with Crippen LogP contribution in [0.3, 0.4) is 0 Å². The summed E-state index contributed by atoms with van der Waals surface area (Å²) in [6.45, 7) is 8.67. The summed E-state index contributed by atoms with van der Waals surface area (Å²) in [5.41, 5.74) is 11.2. The SMILES string of the molecule is CC1=[C-]C(C)C(C)=C1C.[CH2]=[Ti+2].[Cl-].[Cl-].[NH-]C(=O)C1CC2CCC1C2. The Morgan fingerprint density at radius 3 is 1.91 bits per heavy atom. The third-order valence-corrected chi connectivity index (χ3v) is 5.31. The van der Waals surface area contributed by atoms with E-state index in [-0.39, 0.29) is 36.6 Å². The Morgan fingerprint density at radius 2 is 1.74 bits per heavy atom. The van der Waals surface area contributed by atoms with Crippen molar-refractivity contribution in [3.05, 3.63) is 28.5 Å². The molecule has 0 aliphatic heterocycles. The van der Waals surface area contributed by atoms with Gasteiger partial charge in [-0.2, -0.15) is 11.1 Å². The first kappa shape index (κ1) is 25.4. The predicted molar refractivity (Wildman–Crippen MR) is 85.4 cm³/mol. The molecule has 0 saturated heterocycles. The normalized spacial score (nSPS) is 30.1. The number of amides is 1. The van der Waals surface area contributed by atoms with Gasteiger partial charge in [-0.25, -0.2) is 5.57 Å². The average Bonchev–Trinajstić information content (AvgIpc) is 3.15. The Bertz CT molecular complexity index is 462. The van der Waals surface area contributed by atoms with Gasteiger partial charge < -0.3 is 35.3 Å². The molecular weight excluding hydrogens is 365 g/mol. The zero-order valence-electron chi connectivity index (χ0n) is 14.5. The number of hydrogen-bond acceptors (Lipinski definition) is 1. The molecule has 2 nitrogen and oxygen atoms in total. The van der Waals surface area contributed by atoms with Crippen LogP contribution in [0, 0.1) is 29.7 Å². The van der Waals surface area contributed by atoms with Crippen LogP contribution in [0.1, 0.15) is 53.4 Å². The van der Waals surface area contributed by atoms with Crippen LogP contribution >= 0.6 is 0 Å². The Labute approximate surface area is 165 Å². The minimum absolute atomic E-state index is 0. The van der Waals surface area contributed by atoms with Gasteiger partial charge >= 0.3 is 24.8 Å². The van der Waals surface area contributed by atoms with E-state index in [2.05, 4.69) is 38.6 Å². The van der Waals surface area contributed by atoms with E-state index in [4.69, 9.17) is 5.73 Å². The topological polar surface area (TPSA) is 40.9 Å². The van der Waals surface area contributed by atoms with Crippen molar-refractivity contribution in [1.82, 2.24) is 0 Å². The van der Waals surface area contributed by atoms with Crippen molar-refractivity contribution in [2.45, 2.75) is 53.4 Å². The zero-order chi connectivity index (χ0) is 16.2. The quantitative estimate of drug-likeness (QED) is 0.404. The molecule has 3 aliphatic rings. The minimum atomic E-state index is -0.313. The second-order valence-electron chi connectivity index (χ2n) is 6.44. The molecule has 1 amide bonds. The second kappa shape index (κ2) is 11.6. The Hall–Kier alpha value is 0.114. The standard InChI is InChI=1S/C9H13.C8H13NO.CH2.2ClH.Ti/c1-6-5-7(2)9(4)8(6)3;9-8(10)7-4-5-1-2-6(7)3-5;;;;/h6H,1-4H3;5-7H,1-4H2,(H2,9,10);1H2;2*1H;/q-1;;;;;+2/p-3. The number of allylic oxidation sites excluding steroid dienone is 4. The van der Waals surface area contributed by atoms with Crippen molar-refractivity contribution in [1.29, 1.82) is 0 Å². The summed E-state index contributed by atoms with van der Waals surface area (Å²) in [5, 5.41) is 0. The van der Waals surface area contributed by atoms with E-state index in [0.29, 0.717) is 11.8 Å². The molecule has 4 atom stereocenters. The van der Waals surface area contributed by atoms with Gasteiger partial charge in [-0.05, 0) is 31.1 Å². The molecule has 4 unspecified atom stereocenters. The van der Waals surface area contributed by atoms with E-state index in [1.165, 1.54) is 36.0 Å². The number of carbonyl (C=O) groups excluding carboxylic acids is 1. The summed E-state index contributed by atoms with van der Waals surface area (Å²) >= 11 is 1.75. The summed E-state index contributed by atoms with van der Waals surface area (Å²) in [7, 11) is 0. The molecule has 3 aliphatic carbocycles. The molecule has 0 aromatic rings. The number of carbonyl (C=O) groups is 1. The molecule has 0 heterocycles. The van der Waals surface area contributed by atoms with Crippen LogP contribution in [0.5, 0.6) is 0 Å². The monoisotopic (exact) mass is 391 g/mol. The number of halogens is 2. The van der Waals surface area contributed by atoms with Gasteiger partial charge in [-0.15, -0.1) is 6.92 Å². The average molecular weight is 392 g/mol. The fraction of sp³-hybridized carbons (Fsp3) is 0.667. The van der Waals surface area contributed by atoms with Crippen LogP contribution in [0.15, 0.2) is 16.7 Å². The molecule has 2 saturated carbocycles. The van der Waals surface area contributed by atoms with Gasteiger partial charge in [0.2, 0.25) is 0 Å². The molecule has 2 bridgehead atoms. The van der Waals surface area contributed by atoms with Crippen LogP contribution in [0.25, 0.3) is 5.73 Å². The van der Waals surface area contributed by atoms with Gasteiger partial charge in [0.25, 0.3) is 0 Å². The van der Waals surface area contributed by atoms with Crippen molar-refractivity contribution in [2.24, 2.45) is 23.7 Å². The maximum absolute atomic E-state index is 10.7. The molecule has 0 aromatic heterocycles. The number of rotatable bonds is 1. The molecule has 23 heavy (non-hydrogen) atoms. The smallest absolute Gasteiger partial charge is 0.0522 e. The van der Waals surface area contributed by atoms with Crippen molar-refractivity contribution in [2.75, 3.05) is 0 Å². The van der Waals surface area contributed by atoms with Crippen LogP contribution in [-0.2, 0) is 24.8 Å². The van der Waals surface area contributed by atoms with E-state index < -0.39 is 0 Å². The molecule has 0 spiro atoms. The first-order valence-corrected chi connectivity index (χ1v) is 8.89. The van der Waals surface area contributed by atoms with E-state index >= 15 is 0 Å². The van der Waals surface area contributed by atoms with Gasteiger partial charge in [0.05, 0.1) is 5.91 Å². The maximum atomic E-state index is 10.7. The van der Waals surface area contributed by atoms with Crippen LogP contribution in [-0.4, -0.2) is 10.7 Å². The first-order valence-electron chi connectivity index (χ1n) is 7.78. The second-order valence-corrected chi connectivity index (χ2v) is 6.44. The zero-order valence-corrected chi connectivity index (χ0v) is 17.6. The molecule has 1 N–H and O–H groups in total. The molecular formula is C18H27Cl2NOTi-2. The van der Waals surface area contributed by atoms with Gasteiger partial charge in [-0.1, -0.05) is 33.1 Å². The van der Waals surface area contributed by atoms with Gasteiger partial charge in [0.1, 0.15) is 0 Å². The number of nitrogens with one attached hydrogen (secondary N) is 1. The fourth-order valence-corrected chi connectivity index (χ4v) is 3.73. The minimum Gasteiger partial charge on any atom is -1.00 e. The Balaban J connectivity index is 0. The van der Waals surface area contributed by atoms with Crippen LogP contribution in [0.4, 0.5) is 0 Å².